The minimum atomic E-state index is -1.04. The van der Waals surface area contributed by atoms with E-state index in [0.29, 0.717) is 30.5 Å². The molecular formula is C28H33N3O3. The van der Waals surface area contributed by atoms with E-state index in [1.807, 2.05) is 66.9 Å². The van der Waals surface area contributed by atoms with Gasteiger partial charge < -0.3 is 19.2 Å². The summed E-state index contributed by atoms with van der Waals surface area (Å²) in [5.41, 5.74) is 2.53. The summed E-state index contributed by atoms with van der Waals surface area (Å²) in [5.74, 6) is 0.900. The van der Waals surface area contributed by atoms with Crippen molar-refractivity contribution in [2.24, 2.45) is 5.92 Å². The first kappa shape index (κ1) is 22.5. The highest BCUT2D eigenvalue weighted by Gasteiger charge is 2.48. The zero-order valence-electron chi connectivity index (χ0n) is 20.2. The second-order valence-electron chi connectivity index (χ2n) is 10.2. The molecule has 6 heteroatoms. The number of hydrogen-bond donors (Lipinski definition) is 1. The minimum absolute atomic E-state index is 0.0866. The van der Waals surface area contributed by atoms with Gasteiger partial charge in [-0.3, -0.25) is 9.59 Å². The number of amides is 2. The Morgan fingerprint density at radius 2 is 1.82 bits per heavy atom. The van der Waals surface area contributed by atoms with Crippen LogP contribution in [0.4, 0.5) is 0 Å². The number of aryl methyl sites for hydroxylation is 1. The first-order valence-corrected chi connectivity index (χ1v) is 12.3. The number of fused-ring (bicyclic) bond motifs is 1. The Morgan fingerprint density at radius 1 is 1.09 bits per heavy atom. The number of hydrogen-bond acceptors (Lipinski definition) is 3. The SMILES string of the molecule is Cc1ccc(CN2C(=O)c3ccc(-c4ccco4)n3CC2(C)C(=O)NC2CCCCC2C)cc1. The van der Waals surface area contributed by atoms with Crippen LogP contribution >= 0.6 is 0 Å². The van der Waals surface area contributed by atoms with Crippen LogP contribution in [0.2, 0.25) is 0 Å². The number of rotatable bonds is 5. The number of carbonyl (C=O) groups excluding carboxylic acids is 2. The maximum absolute atomic E-state index is 13.9. The van der Waals surface area contributed by atoms with Crippen LogP contribution in [0.25, 0.3) is 11.5 Å². The number of benzene rings is 1. The first-order valence-electron chi connectivity index (χ1n) is 12.3. The van der Waals surface area contributed by atoms with Crippen molar-refractivity contribution < 1.29 is 14.0 Å². The van der Waals surface area contributed by atoms with Crippen molar-refractivity contribution >= 4 is 11.8 Å². The molecule has 1 N–H and O–H groups in total. The molecule has 0 radical (unpaired) electrons. The molecule has 34 heavy (non-hydrogen) atoms. The van der Waals surface area contributed by atoms with Gasteiger partial charge in [-0.1, -0.05) is 49.6 Å². The fourth-order valence-corrected chi connectivity index (χ4v) is 5.39. The number of nitrogens with zero attached hydrogens (tertiary/aromatic N) is 2. The molecule has 2 amide bonds. The number of nitrogens with one attached hydrogen (secondary N) is 1. The molecule has 1 aliphatic carbocycles. The quantitative estimate of drug-likeness (QED) is 0.573. The van der Waals surface area contributed by atoms with Gasteiger partial charge in [0, 0.05) is 12.6 Å². The molecule has 2 aromatic heterocycles. The summed E-state index contributed by atoms with van der Waals surface area (Å²) < 4.78 is 7.57. The van der Waals surface area contributed by atoms with Crippen LogP contribution in [0.15, 0.2) is 59.2 Å². The van der Waals surface area contributed by atoms with E-state index < -0.39 is 5.54 Å². The highest BCUT2D eigenvalue weighted by molar-refractivity contribution is 6.00. The van der Waals surface area contributed by atoms with E-state index >= 15 is 0 Å². The van der Waals surface area contributed by atoms with Crippen molar-refractivity contribution in [2.75, 3.05) is 0 Å². The van der Waals surface area contributed by atoms with Gasteiger partial charge in [0.1, 0.15) is 17.0 Å². The molecule has 0 spiro atoms. The van der Waals surface area contributed by atoms with Gasteiger partial charge in [0.25, 0.3) is 5.91 Å². The van der Waals surface area contributed by atoms with Crippen LogP contribution < -0.4 is 5.32 Å². The highest BCUT2D eigenvalue weighted by atomic mass is 16.3. The summed E-state index contributed by atoms with van der Waals surface area (Å²) in [6.07, 6.45) is 6.07. The van der Waals surface area contributed by atoms with Gasteiger partial charge in [0.2, 0.25) is 5.91 Å². The summed E-state index contributed by atoms with van der Waals surface area (Å²) in [4.78, 5) is 29.5. The van der Waals surface area contributed by atoms with Gasteiger partial charge in [0.15, 0.2) is 0 Å². The summed E-state index contributed by atoms with van der Waals surface area (Å²) in [7, 11) is 0. The van der Waals surface area contributed by atoms with Crippen molar-refractivity contribution in [3.05, 3.63) is 71.6 Å². The lowest BCUT2D eigenvalue weighted by Gasteiger charge is -2.45. The number of carbonyl (C=O) groups is 2. The predicted molar refractivity (Wildman–Crippen MR) is 131 cm³/mol. The Labute approximate surface area is 200 Å². The Balaban J connectivity index is 1.52. The van der Waals surface area contributed by atoms with Crippen LogP contribution in [0, 0.1) is 12.8 Å². The van der Waals surface area contributed by atoms with Gasteiger partial charge in [-0.15, -0.1) is 0 Å². The minimum Gasteiger partial charge on any atom is -0.463 e. The second kappa shape index (κ2) is 8.82. The molecule has 3 aromatic rings. The monoisotopic (exact) mass is 459 g/mol. The molecule has 5 rings (SSSR count). The Kier molecular flexibility index (Phi) is 5.84. The van der Waals surface area contributed by atoms with Gasteiger partial charge >= 0.3 is 0 Å². The average molecular weight is 460 g/mol. The van der Waals surface area contributed by atoms with Crippen LogP contribution in [-0.2, 0) is 17.9 Å². The number of furan rings is 1. The molecule has 1 fully saturated rings. The Hall–Kier alpha value is -3.28. The maximum Gasteiger partial charge on any atom is 0.271 e. The molecule has 3 unspecified atom stereocenters. The molecule has 1 aromatic carbocycles. The zero-order chi connectivity index (χ0) is 23.9. The van der Waals surface area contributed by atoms with Crippen LogP contribution in [0.1, 0.15) is 61.1 Å². The van der Waals surface area contributed by atoms with Crippen LogP contribution in [-0.4, -0.2) is 32.9 Å². The van der Waals surface area contributed by atoms with E-state index in [4.69, 9.17) is 4.42 Å². The molecule has 3 atom stereocenters. The van der Waals surface area contributed by atoms with E-state index in [9.17, 15) is 9.59 Å². The molecule has 0 saturated heterocycles. The molecule has 178 valence electrons. The van der Waals surface area contributed by atoms with E-state index in [1.54, 1.807) is 11.2 Å². The van der Waals surface area contributed by atoms with Gasteiger partial charge in [-0.2, -0.15) is 0 Å². The fourth-order valence-electron chi connectivity index (χ4n) is 5.39. The molecule has 3 heterocycles. The molecule has 2 aliphatic rings. The Bertz CT molecular complexity index is 1180. The van der Waals surface area contributed by atoms with Gasteiger partial charge in [-0.05, 0) is 62.4 Å². The van der Waals surface area contributed by atoms with Crippen molar-refractivity contribution in [3.8, 4) is 11.5 Å². The van der Waals surface area contributed by atoms with Crippen molar-refractivity contribution in [2.45, 2.75) is 71.1 Å². The molecule has 0 bridgehead atoms. The van der Waals surface area contributed by atoms with Crippen LogP contribution in [0.5, 0.6) is 0 Å². The summed E-state index contributed by atoms with van der Waals surface area (Å²) in [6, 6.07) is 15.8. The maximum atomic E-state index is 13.9. The second-order valence-corrected chi connectivity index (χ2v) is 10.2. The zero-order valence-corrected chi connectivity index (χ0v) is 20.2. The first-order chi connectivity index (χ1) is 16.4. The van der Waals surface area contributed by atoms with Gasteiger partial charge in [0.05, 0.1) is 18.5 Å². The lowest BCUT2D eigenvalue weighted by atomic mass is 9.85. The fraction of sp³-hybridized carbons (Fsp3) is 0.429. The molecule has 1 saturated carbocycles. The summed E-state index contributed by atoms with van der Waals surface area (Å²) in [5, 5.41) is 3.33. The molecule has 6 nitrogen and oxygen atoms in total. The topological polar surface area (TPSA) is 67.5 Å². The van der Waals surface area contributed by atoms with Crippen molar-refractivity contribution in [1.82, 2.24) is 14.8 Å². The third kappa shape index (κ3) is 3.95. The van der Waals surface area contributed by atoms with E-state index in [2.05, 4.69) is 12.2 Å². The largest absolute Gasteiger partial charge is 0.463 e. The summed E-state index contributed by atoms with van der Waals surface area (Å²) >= 11 is 0. The van der Waals surface area contributed by atoms with Crippen molar-refractivity contribution in [3.63, 3.8) is 0 Å². The lowest BCUT2D eigenvalue weighted by Crippen LogP contribution is -2.65. The van der Waals surface area contributed by atoms with E-state index in [1.165, 1.54) is 6.42 Å². The highest BCUT2D eigenvalue weighted by Crippen LogP contribution is 2.35. The standard InChI is InChI=1S/C28H33N3O3/c1-19-10-12-21(13-11-19)17-31-26(32)24-15-14-23(25-9-6-16-34-25)30(24)18-28(31,3)27(33)29-22-8-5-4-7-20(22)2/h6,9-16,20,22H,4-5,7-8,17-18H2,1-3H3,(H,29,33). The van der Waals surface area contributed by atoms with E-state index in [-0.39, 0.29) is 17.9 Å². The smallest absolute Gasteiger partial charge is 0.271 e. The third-order valence-electron chi connectivity index (χ3n) is 7.66. The van der Waals surface area contributed by atoms with Gasteiger partial charge in [-0.25, -0.2) is 0 Å². The van der Waals surface area contributed by atoms with E-state index in [0.717, 1.165) is 36.1 Å². The normalized spacial score (nSPS) is 24.7. The molecular weight excluding hydrogens is 426 g/mol. The third-order valence-corrected chi connectivity index (χ3v) is 7.66. The lowest BCUT2D eigenvalue weighted by molar-refractivity contribution is -0.134. The predicted octanol–water partition coefficient (Wildman–Crippen LogP) is 5.17. The van der Waals surface area contributed by atoms with Crippen molar-refractivity contribution in [1.29, 1.82) is 0 Å². The molecule has 1 aliphatic heterocycles. The number of aromatic nitrogens is 1. The van der Waals surface area contributed by atoms with Crippen LogP contribution in [0.3, 0.4) is 0 Å². The average Bonchev–Trinajstić information content (AvgIpc) is 3.49. The summed E-state index contributed by atoms with van der Waals surface area (Å²) in [6.45, 7) is 6.90. The Morgan fingerprint density at radius 3 is 2.53 bits per heavy atom.